The molecular formula is C13H23FO2SSi. The van der Waals surface area contributed by atoms with Crippen molar-refractivity contribution in [2.75, 3.05) is 13.2 Å². The first-order valence-corrected chi connectivity index (χ1v) is 9.94. The molecule has 1 N–H and O–H groups in total. The van der Waals surface area contributed by atoms with Crippen LogP contribution in [0.15, 0.2) is 16.8 Å². The molecule has 1 aromatic rings. The number of rotatable bonds is 5. The molecular weight excluding hydrogens is 267 g/mol. The van der Waals surface area contributed by atoms with Gasteiger partial charge in [0.2, 0.25) is 0 Å². The van der Waals surface area contributed by atoms with E-state index in [1.807, 2.05) is 5.38 Å². The molecule has 0 fully saturated rings. The Labute approximate surface area is 114 Å². The molecule has 0 amide bonds. The van der Waals surface area contributed by atoms with Crippen LogP contribution >= 0.6 is 11.3 Å². The number of alkyl halides is 1. The van der Waals surface area contributed by atoms with E-state index in [1.54, 1.807) is 11.4 Å². The quantitative estimate of drug-likeness (QED) is 0.833. The van der Waals surface area contributed by atoms with Gasteiger partial charge >= 0.3 is 0 Å². The second kappa shape index (κ2) is 5.41. The zero-order chi connectivity index (χ0) is 14.0. The lowest BCUT2D eigenvalue weighted by Gasteiger charge is -2.38. The predicted molar refractivity (Wildman–Crippen MR) is 77.3 cm³/mol. The lowest BCUT2D eigenvalue weighted by atomic mass is 10.0. The number of hydrogen-bond donors (Lipinski definition) is 1. The molecule has 1 aromatic heterocycles. The smallest absolute Gasteiger partial charge is 0.192 e. The molecule has 0 saturated heterocycles. The third-order valence-electron chi connectivity index (χ3n) is 3.76. The van der Waals surface area contributed by atoms with E-state index in [4.69, 9.17) is 4.43 Å². The van der Waals surface area contributed by atoms with Crippen molar-refractivity contribution in [2.45, 2.75) is 44.6 Å². The number of halogens is 1. The molecule has 1 atom stereocenters. The normalized spacial score (nSPS) is 16.6. The first-order chi connectivity index (χ1) is 8.12. The largest absolute Gasteiger partial charge is 0.413 e. The summed E-state index contributed by atoms with van der Waals surface area (Å²) in [5.41, 5.74) is -1.27. The molecule has 0 spiro atoms. The summed E-state index contributed by atoms with van der Waals surface area (Å²) in [7, 11) is -1.99. The van der Waals surface area contributed by atoms with Gasteiger partial charge in [-0.25, -0.2) is 4.39 Å². The van der Waals surface area contributed by atoms with Crippen LogP contribution in [0.1, 0.15) is 26.3 Å². The standard InChI is InChI=1S/C13H23FO2SSi/c1-12(2,3)18(4,5)16-10-13(14,9-15)11-6-7-17-8-11/h6-8,15H,9-10H2,1-5H3. The van der Waals surface area contributed by atoms with Crippen LogP contribution in [0.4, 0.5) is 4.39 Å². The summed E-state index contributed by atoms with van der Waals surface area (Å²) in [5, 5.41) is 12.9. The van der Waals surface area contributed by atoms with Gasteiger partial charge in [0.15, 0.2) is 14.0 Å². The topological polar surface area (TPSA) is 29.5 Å². The second-order valence-corrected chi connectivity index (χ2v) is 11.8. The van der Waals surface area contributed by atoms with Gasteiger partial charge in [0.1, 0.15) is 0 Å². The monoisotopic (exact) mass is 290 g/mol. The van der Waals surface area contributed by atoms with E-state index >= 15 is 0 Å². The van der Waals surface area contributed by atoms with Crippen molar-refractivity contribution < 1.29 is 13.9 Å². The fraction of sp³-hybridized carbons (Fsp3) is 0.692. The Balaban J connectivity index is 2.78. The summed E-state index contributed by atoms with van der Waals surface area (Å²) < 4.78 is 20.5. The maximum Gasteiger partial charge on any atom is 0.192 e. The summed E-state index contributed by atoms with van der Waals surface area (Å²) >= 11 is 1.43. The van der Waals surface area contributed by atoms with E-state index in [2.05, 4.69) is 33.9 Å². The lowest BCUT2D eigenvalue weighted by molar-refractivity contribution is 0.0178. The molecule has 5 heteroatoms. The van der Waals surface area contributed by atoms with Gasteiger partial charge < -0.3 is 9.53 Å². The summed E-state index contributed by atoms with van der Waals surface area (Å²) in [6, 6.07) is 1.70. The molecule has 1 heterocycles. The highest BCUT2D eigenvalue weighted by atomic mass is 32.1. The Hall–Kier alpha value is -0.233. The van der Waals surface area contributed by atoms with Crippen LogP contribution in [0.25, 0.3) is 0 Å². The SMILES string of the molecule is CC(C)(C)[Si](C)(C)OCC(F)(CO)c1ccsc1. The van der Waals surface area contributed by atoms with Crippen LogP contribution in [-0.4, -0.2) is 26.6 Å². The third-order valence-corrected chi connectivity index (χ3v) is 8.92. The summed E-state index contributed by atoms with van der Waals surface area (Å²) in [6.45, 7) is 9.89. The van der Waals surface area contributed by atoms with Gasteiger partial charge in [-0.1, -0.05) is 20.8 Å². The van der Waals surface area contributed by atoms with E-state index < -0.39 is 20.6 Å². The zero-order valence-electron chi connectivity index (χ0n) is 11.8. The van der Waals surface area contributed by atoms with Crippen molar-refractivity contribution in [1.82, 2.24) is 0 Å². The lowest BCUT2D eigenvalue weighted by Crippen LogP contribution is -2.45. The highest BCUT2D eigenvalue weighted by Crippen LogP contribution is 2.38. The average molecular weight is 290 g/mol. The third kappa shape index (κ3) is 3.41. The van der Waals surface area contributed by atoms with E-state index in [0.29, 0.717) is 5.56 Å². The Morgan fingerprint density at radius 2 is 2.00 bits per heavy atom. The summed E-state index contributed by atoms with van der Waals surface area (Å²) in [4.78, 5) is 0. The molecule has 0 aromatic carbocycles. The molecule has 104 valence electrons. The fourth-order valence-corrected chi connectivity index (χ4v) is 3.01. The zero-order valence-corrected chi connectivity index (χ0v) is 13.6. The predicted octanol–water partition coefficient (Wildman–Crippen LogP) is 3.93. The minimum atomic E-state index is -1.99. The first kappa shape index (κ1) is 15.8. The van der Waals surface area contributed by atoms with E-state index in [1.165, 1.54) is 11.3 Å². The van der Waals surface area contributed by atoms with Gasteiger partial charge in [-0.05, 0) is 35.0 Å². The van der Waals surface area contributed by atoms with Crippen molar-refractivity contribution >= 4 is 19.7 Å². The molecule has 1 rings (SSSR count). The fourth-order valence-electron chi connectivity index (χ4n) is 1.25. The summed E-state index contributed by atoms with van der Waals surface area (Å²) in [5.74, 6) is 0. The van der Waals surface area contributed by atoms with E-state index in [0.717, 1.165) is 0 Å². The minimum absolute atomic E-state index is 0.0397. The molecule has 0 aliphatic heterocycles. The minimum Gasteiger partial charge on any atom is -0.413 e. The molecule has 1 unspecified atom stereocenters. The second-order valence-electron chi connectivity index (χ2n) is 6.18. The van der Waals surface area contributed by atoms with Crippen LogP contribution in [-0.2, 0) is 10.1 Å². The van der Waals surface area contributed by atoms with Gasteiger partial charge in [0.05, 0.1) is 13.2 Å². The van der Waals surface area contributed by atoms with Gasteiger partial charge in [-0.15, -0.1) is 0 Å². The maximum absolute atomic E-state index is 14.7. The Morgan fingerprint density at radius 1 is 1.39 bits per heavy atom. The van der Waals surface area contributed by atoms with Crippen molar-refractivity contribution in [1.29, 1.82) is 0 Å². The molecule has 18 heavy (non-hydrogen) atoms. The maximum atomic E-state index is 14.7. The average Bonchev–Trinajstić information content (AvgIpc) is 2.78. The van der Waals surface area contributed by atoms with Gasteiger partial charge in [-0.3, -0.25) is 0 Å². The van der Waals surface area contributed by atoms with Crippen molar-refractivity contribution in [3.05, 3.63) is 22.4 Å². The van der Waals surface area contributed by atoms with Gasteiger partial charge in [0.25, 0.3) is 0 Å². The van der Waals surface area contributed by atoms with Crippen LogP contribution in [0.2, 0.25) is 18.1 Å². The highest BCUT2D eigenvalue weighted by Gasteiger charge is 2.41. The van der Waals surface area contributed by atoms with Crippen LogP contribution in [0.3, 0.4) is 0 Å². The molecule has 0 bridgehead atoms. The van der Waals surface area contributed by atoms with Gasteiger partial charge in [-0.2, -0.15) is 11.3 Å². The molecule has 0 aliphatic rings. The van der Waals surface area contributed by atoms with Crippen LogP contribution in [0.5, 0.6) is 0 Å². The van der Waals surface area contributed by atoms with Gasteiger partial charge in [0, 0.05) is 5.56 Å². The number of thiophene rings is 1. The van der Waals surface area contributed by atoms with Crippen molar-refractivity contribution in [3.63, 3.8) is 0 Å². The number of aliphatic hydroxyl groups is 1. The highest BCUT2D eigenvalue weighted by molar-refractivity contribution is 7.08. The van der Waals surface area contributed by atoms with Crippen LogP contribution in [0, 0.1) is 0 Å². The Bertz CT molecular complexity index is 373. The Kier molecular flexibility index (Phi) is 4.75. The molecule has 2 nitrogen and oxygen atoms in total. The molecule has 0 radical (unpaired) electrons. The van der Waals surface area contributed by atoms with E-state index in [9.17, 15) is 9.50 Å². The van der Waals surface area contributed by atoms with Crippen LogP contribution < -0.4 is 0 Å². The Morgan fingerprint density at radius 3 is 2.39 bits per heavy atom. The van der Waals surface area contributed by atoms with E-state index in [-0.39, 0.29) is 11.6 Å². The molecule has 0 aliphatic carbocycles. The number of aliphatic hydroxyl groups excluding tert-OH is 1. The van der Waals surface area contributed by atoms with Crippen molar-refractivity contribution in [3.8, 4) is 0 Å². The molecule has 0 saturated carbocycles. The number of hydrogen-bond acceptors (Lipinski definition) is 3. The summed E-state index contributed by atoms with van der Waals surface area (Å²) in [6.07, 6.45) is 0. The first-order valence-electron chi connectivity index (χ1n) is 6.09. The van der Waals surface area contributed by atoms with Crippen molar-refractivity contribution in [2.24, 2.45) is 0 Å².